The monoisotopic (exact) mass is 499 g/mol. The fourth-order valence-electron chi connectivity index (χ4n) is 5.14. The highest BCUT2D eigenvalue weighted by Crippen LogP contribution is 2.34. The highest BCUT2D eigenvalue weighted by atomic mass is 32.1. The molecule has 194 valence electrons. The van der Waals surface area contributed by atoms with Crippen LogP contribution in [0.25, 0.3) is 0 Å². The number of ether oxygens (including phenoxy) is 1. The van der Waals surface area contributed by atoms with E-state index in [9.17, 15) is 9.59 Å². The molecule has 4 nitrogen and oxygen atoms in total. The summed E-state index contributed by atoms with van der Waals surface area (Å²) in [4.78, 5) is 29.3. The number of rotatable bonds is 7. The zero-order valence-electron chi connectivity index (χ0n) is 22.7. The predicted molar refractivity (Wildman–Crippen MR) is 145 cm³/mol. The maximum Gasteiger partial charge on any atom is 0.308 e. The molecule has 1 aromatic rings. The summed E-state index contributed by atoms with van der Waals surface area (Å²) in [7, 11) is 0. The molecule has 0 unspecified atom stereocenters. The highest BCUT2D eigenvalue weighted by Gasteiger charge is 2.32. The third kappa shape index (κ3) is 8.38. The fraction of sp³-hybridized carbons (Fsp3) is 0.733. The van der Waals surface area contributed by atoms with E-state index in [0.717, 1.165) is 61.9 Å². The van der Waals surface area contributed by atoms with Crippen molar-refractivity contribution in [1.82, 2.24) is 0 Å². The number of amides is 1. The molecule has 0 aliphatic heterocycles. The van der Waals surface area contributed by atoms with Gasteiger partial charge >= 0.3 is 5.97 Å². The van der Waals surface area contributed by atoms with Crippen LogP contribution >= 0.6 is 11.3 Å². The lowest BCUT2D eigenvalue weighted by Gasteiger charge is -2.34. The van der Waals surface area contributed by atoms with E-state index in [4.69, 9.17) is 4.74 Å². The minimum absolute atomic E-state index is 0.0425. The zero-order valence-corrected chi connectivity index (χ0v) is 23.5. The summed E-state index contributed by atoms with van der Waals surface area (Å²) in [5, 5.41) is 2.06. The summed E-state index contributed by atoms with van der Waals surface area (Å²) in [6, 6.07) is 2.01. The first-order chi connectivity index (χ1) is 16.5. The molecule has 1 heterocycles. The first-order valence-corrected chi connectivity index (χ1v) is 14.5. The van der Waals surface area contributed by atoms with Gasteiger partial charge in [-0.15, -0.1) is 11.3 Å². The number of carbonyl (C=O) groups excluding carboxylic acids is 2. The van der Waals surface area contributed by atoms with Crippen LogP contribution in [-0.2, 0) is 14.3 Å². The summed E-state index contributed by atoms with van der Waals surface area (Å²) in [6.07, 6.45) is 8.88. The third-order valence-electron chi connectivity index (χ3n) is 7.60. The van der Waals surface area contributed by atoms with E-state index in [2.05, 4.69) is 64.8 Å². The second kappa shape index (κ2) is 12.4. The molecular formula is C30H45NO3S. The van der Waals surface area contributed by atoms with Crippen LogP contribution in [0.5, 0.6) is 0 Å². The number of nitrogens with zero attached hydrogens (tertiary/aromatic N) is 1. The Morgan fingerprint density at radius 2 is 1.60 bits per heavy atom. The third-order valence-corrected chi connectivity index (χ3v) is 8.43. The quantitative estimate of drug-likeness (QED) is 0.289. The van der Waals surface area contributed by atoms with Gasteiger partial charge in [-0.1, -0.05) is 25.7 Å². The topological polar surface area (TPSA) is 46.6 Å². The molecule has 1 aromatic heterocycles. The molecule has 1 atom stereocenters. The van der Waals surface area contributed by atoms with E-state index in [1.165, 1.54) is 0 Å². The normalized spacial score (nSPS) is 25.8. The predicted octanol–water partition coefficient (Wildman–Crippen LogP) is 7.45. The van der Waals surface area contributed by atoms with E-state index in [1.54, 1.807) is 11.3 Å². The number of hydrogen-bond donors (Lipinski definition) is 0. The van der Waals surface area contributed by atoms with Gasteiger partial charge in [-0.05, 0) is 97.0 Å². The molecule has 3 rings (SSSR count). The maximum absolute atomic E-state index is 13.7. The number of carbonyl (C=O) groups is 2. The van der Waals surface area contributed by atoms with Crippen LogP contribution in [0, 0.1) is 40.9 Å². The fourth-order valence-corrected chi connectivity index (χ4v) is 5.87. The molecule has 0 bridgehead atoms. The summed E-state index contributed by atoms with van der Waals surface area (Å²) in [5.74, 6) is 8.27. The largest absolute Gasteiger partial charge is 0.465 e. The number of esters is 1. The summed E-state index contributed by atoms with van der Waals surface area (Å²) < 4.78 is 5.70. The Kier molecular flexibility index (Phi) is 9.87. The molecule has 2 aliphatic carbocycles. The average Bonchev–Trinajstić information content (AvgIpc) is 3.26. The van der Waals surface area contributed by atoms with E-state index < -0.39 is 0 Å². The summed E-state index contributed by atoms with van der Waals surface area (Å²) in [5.41, 5.74) is 0.864. The Balaban J connectivity index is 1.67. The Morgan fingerprint density at radius 1 is 1.03 bits per heavy atom. The van der Waals surface area contributed by atoms with Crippen molar-refractivity contribution in [2.24, 2.45) is 29.1 Å². The summed E-state index contributed by atoms with van der Waals surface area (Å²) in [6.45, 7) is 13.3. The van der Waals surface area contributed by atoms with E-state index in [1.807, 2.05) is 4.90 Å². The van der Waals surface area contributed by atoms with Crippen LogP contribution in [0.2, 0.25) is 0 Å². The van der Waals surface area contributed by atoms with E-state index in [-0.39, 0.29) is 35.2 Å². The van der Waals surface area contributed by atoms with Gasteiger partial charge < -0.3 is 9.64 Å². The van der Waals surface area contributed by atoms with Gasteiger partial charge in [0.1, 0.15) is 0 Å². The van der Waals surface area contributed by atoms with Crippen molar-refractivity contribution < 1.29 is 14.3 Å². The van der Waals surface area contributed by atoms with Crippen LogP contribution in [0.3, 0.4) is 0 Å². The first kappa shape index (κ1) is 27.8. The van der Waals surface area contributed by atoms with Gasteiger partial charge in [0.2, 0.25) is 5.91 Å². The molecular weight excluding hydrogens is 454 g/mol. The minimum atomic E-state index is -0.0635. The highest BCUT2D eigenvalue weighted by molar-refractivity contribution is 7.11. The molecule has 0 radical (unpaired) electrons. The lowest BCUT2D eigenvalue weighted by molar-refractivity contribution is -0.150. The molecule has 35 heavy (non-hydrogen) atoms. The van der Waals surface area contributed by atoms with E-state index >= 15 is 0 Å². The van der Waals surface area contributed by atoms with Crippen molar-refractivity contribution in [3.05, 3.63) is 16.3 Å². The molecule has 1 amide bonds. The van der Waals surface area contributed by atoms with Crippen molar-refractivity contribution in [3.63, 3.8) is 0 Å². The van der Waals surface area contributed by atoms with Crippen molar-refractivity contribution in [2.45, 2.75) is 105 Å². The second-order valence-corrected chi connectivity index (χ2v) is 13.0. The lowest BCUT2D eigenvalue weighted by Crippen LogP contribution is -2.43. The Hall–Kier alpha value is -1.80. The van der Waals surface area contributed by atoms with Crippen LogP contribution < -0.4 is 4.90 Å². The van der Waals surface area contributed by atoms with Crippen LogP contribution in [0.1, 0.15) is 104 Å². The van der Waals surface area contributed by atoms with Crippen molar-refractivity contribution in [2.75, 3.05) is 11.5 Å². The zero-order chi connectivity index (χ0) is 25.6. The maximum atomic E-state index is 13.7. The van der Waals surface area contributed by atoms with E-state index in [0.29, 0.717) is 24.9 Å². The molecule has 0 aromatic carbocycles. The number of hydrogen-bond acceptors (Lipinski definition) is 4. The molecule has 2 aliphatic rings. The van der Waals surface area contributed by atoms with Gasteiger partial charge in [0.05, 0.1) is 23.1 Å². The molecule has 0 saturated heterocycles. The van der Waals surface area contributed by atoms with Gasteiger partial charge in [0, 0.05) is 29.2 Å². The Bertz CT molecular complexity index is 902. The summed E-state index contributed by atoms with van der Waals surface area (Å²) >= 11 is 1.60. The standard InChI is InChI=1S/C30H45NO3S/c1-21-7-11-24(12-8-21)28(32)31(26-19-27(35-20-26)15-17-30(4,5)6)23(3)16-18-34-29(33)25-13-9-22(2)10-14-25/h19-25H,7-14,16,18H2,1-6H3/t21?,22?,23-,24?,25?/m0/s1. The first-order valence-electron chi connectivity index (χ1n) is 13.6. The molecule has 2 saturated carbocycles. The number of thiophene rings is 1. The molecule has 5 heteroatoms. The minimum Gasteiger partial charge on any atom is -0.465 e. The van der Waals surface area contributed by atoms with Gasteiger partial charge in [0.25, 0.3) is 0 Å². The smallest absolute Gasteiger partial charge is 0.308 e. The SMILES string of the molecule is CC1CCC(C(=O)OCC[C@H](C)N(C(=O)C2CCC(C)CC2)c2csc(C#CC(C)(C)C)c2)CC1. The molecule has 0 spiro atoms. The second-order valence-electron chi connectivity index (χ2n) is 12.1. The van der Waals surface area contributed by atoms with Crippen molar-refractivity contribution in [1.29, 1.82) is 0 Å². The van der Waals surface area contributed by atoms with Gasteiger partial charge in [-0.2, -0.15) is 0 Å². The van der Waals surface area contributed by atoms with Crippen molar-refractivity contribution >= 4 is 28.9 Å². The Morgan fingerprint density at radius 3 is 2.17 bits per heavy atom. The Labute approximate surface area is 217 Å². The van der Waals surface area contributed by atoms with Gasteiger partial charge in [0.15, 0.2) is 0 Å². The van der Waals surface area contributed by atoms with Gasteiger partial charge in [-0.25, -0.2) is 0 Å². The van der Waals surface area contributed by atoms with Crippen molar-refractivity contribution in [3.8, 4) is 11.8 Å². The van der Waals surface area contributed by atoms with Crippen LogP contribution in [-0.4, -0.2) is 24.5 Å². The average molecular weight is 500 g/mol. The molecule has 2 fully saturated rings. The van der Waals surface area contributed by atoms with Crippen LogP contribution in [0.15, 0.2) is 11.4 Å². The number of anilines is 1. The van der Waals surface area contributed by atoms with Gasteiger partial charge in [-0.3, -0.25) is 9.59 Å². The molecule has 0 N–H and O–H groups in total. The lowest BCUT2D eigenvalue weighted by atomic mass is 9.82. The van der Waals surface area contributed by atoms with Crippen LogP contribution in [0.4, 0.5) is 5.69 Å².